The standard InChI is InChI=1S/C31H18Br2O/c32-19-16-17-23-21-9-2-1-8-20(21)22-10-3-4-11-24(22)31(27(23)18-19)25-12-5-6-15-29(25)34-30-26(31)13-7-14-28(30)33/h1-18H. The van der Waals surface area contributed by atoms with Crippen molar-refractivity contribution in [3.8, 4) is 33.8 Å². The first-order valence-corrected chi connectivity index (χ1v) is 12.8. The van der Waals surface area contributed by atoms with Gasteiger partial charge in [-0.15, -0.1) is 0 Å². The number of rotatable bonds is 0. The molecule has 1 heterocycles. The van der Waals surface area contributed by atoms with E-state index in [-0.39, 0.29) is 0 Å². The minimum Gasteiger partial charge on any atom is -0.455 e. The van der Waals surface area contributed by atoms with E-state index >= 15 is 0 Å². The zero-order valence-corrected chi connectivity index (χ0v) is 21.2. The zero-order chi connectivity index (χ0) is 22.9. The third kappa shape index (κ3) is 2.60. The van der Waals surface area contributed by atoms with E-state index in [1.807, 2.05) is 6.07 Å². The Morgan fingerprint density at radius 2 is 1.12 bits per heavy atom. The van der Waals surface area contributed by atoms with Gasteiger partial charge in [-0.25, -0.2) is 0 Å². The van der Waals surface area contributed by atoms with Gasteiger partial charge in [0.2, 0.25) is 0 Å². The molecule has 0 bridgehead atoms. The molecule has 0 aromatic heterocycles. The average Bonchev–Trinajstić information content (AvgIpc) is 2.97. The van der Waals surface area contributed by atoms with E-state index in [2.05, 4.69) is 135 Å². The average molecular weight is 566 g/mol. The molecule has 1 nitrogen and oxygen atoms in total. The third-order valence-corrected chi connectivity index (χ3v) is 8.22. The number of benzene rings is 5. The van der Waals surface area contributed by atoms with E-state index in [0.717, 1.165) is 31.6 Å². The van der Waals surface area contributed by atoms with E-state index in [0.29, 0.717) is 0 Å². The van der Waals surface area contributed by atoms with Crippen LogP contribution in [-0.2, 0) is 5.41 Å². The summed E-state index contributed by atoms with van der Waals surface area (Å²) >= 11 is 7.59. The molecular formula is C31H18Br2O. The minimum atomic E-state index is -0.553. The second kappa shape index (κ2) is 7.43. The van der Waals surface area contributed by atoms with Crippen LogP contribution in [0.25, 0.3) is 22.3 Å². The SMILES string of the molecule is Brc1ccc2c(c1)C1(c3ccccc3Oc3c(Br)cccc31)c1ccccc1-c1ccccc1-2. The Balaban J connectivity index is 1.79. The first-order chi connectivity index (χ1) is 16.7. The van der Waals surface area contributed by atoms with Crippen molar-refractivity contribution in [3.05, 3.63) is 140 Å². The summed E-state index contributed by atoms with van der Waals surface area (Å²) in [6.07, 6.45) is 0. The van der Waals surface area contributed by atoms with Gasteiger partial charge in [0.1, 0.15) is 11.5 Å². The molecule has 5 aromatic carbocycles. The topological polar surface area (TPSA) is 9.23 Å². The maximum atomic E-state index is 6.56. The smallest absolute Gasteiger partial charge is 0.146 e. The number of hydrogen-bond acceptors (Lipinski definition) is 1. The fourth-order valence-electron chi connectivity index (χ4n) is 5.81. The second-order valence-corrected chi connectivity index (χ2v) is 10.5. The first kappa shape index (κ1) is 20.3. The van der Waals surface area contributed by atoms with Crippen LogP contribution in [-0.4, -0.2) is 0 Å². The van der Waals surface area contributed by atoms with Crippen LogP contribution in [0.4, 0.5) is 0 Å². The summed E-state index contributed by atoms with van der Waals surface area (Å²) in [7, 11) is 0. The predicted octanol–water partition coefficient (Wildman–Crippen LogP) is 9.35. The second-order valence-electron chi connectivity index (χ2n) is 8.75. The highest BCUT2D eigenvalue weighted by Gasteiger charge is 2.49. The van der Waals surface area contributed by atoms with Crippen LogP contribution in [0.5, 0.6) is 11.5 Å². The highest BCUT2D eigenvalue weighted by molar-refractivity contribution is 9.10. The van der Waals surface area contributed by atoms with E-state index in [4.69, 9.17) is 4.74 Å². The van der Waals surface area contributed by atoms with Gasteiger partial charge in [0.05, 0.1) is 9.89 Å². The molecule has 34 heavy (non-hydrogen) atoms. The third-order valence-electron chi connectivity index (χ3n) is 7.10. The highest BCUT2D eigenvalue weighted by atomic mass is 79.9. The molecule has 162 valence electrons. The van der Waals surface area contributed by atoms with Crippen LogP contribution < -0.4 is 4.74 Å². The van der Waals surface area contributed by atoms with Crippen LogP contribution >= 0.6 is 31.9 Å². The molecule has 3 heteroatoms. The summed E-state index contributed by atoms with van der Waals surface area (Å²) in [4.78, 5) is 0. The molecule has 1 unspecified atom stereocenters. The summed E-state index contributed by atoms with van der Waals surface area (Å²) in [6, 6.07) is 39.1. The van der Waals surface area contributed by atoms with Crippen molar-refractivity contribution in [2.24, 2.45) is 0 Å². The van der Waals surface area contributed by atoms with Crippen molar-refractivity contribution in [2.75, 3.05) is 0 Å². The Morgan fingerprint density at radius 1 is 0.500 bits per heavy atom. The lowest BCUT2D eigenvalue weighted by atomic mass is 9.62. The molecule has 1 atom stereocenters. The number of hydrogen-bond donors (Lipinski definition) is 0. The van der Waals surface area contributed by atoms with Gasteiger partial charge >= 0.3 is 0 Å². The first-order valence-electron chi connectivity index (χ1n) is 11.3. The van der Waals surface area contributed by atoms with Crippen molar-refractivity contribution in [1.82, 2.24) is 0 Å². The van der Waals surface area contributed by atoms with Gasteiger partial charge in [-0.05, 0) is 73.6 Å². The normalized spacial score (nSPS) is 16.9. The quantitative estimate of drug-likeness (QED) is 0.178. The zero-order valence-electron chi connectivity index (χ0n) is 18.1. The fourth-order valence-corrected chi connectivity index (χ4v) is 6.62. The molecule has 0 amide bonds. The van der Waals surface area contributed by atoms with Gasteiger partial charge in [-0.3, -0.25) is 0 Å². The highest BCUT2D eigenvalue weighted by Crippen LogP contribution is 2.61. The lowest BCUT2D eigenvalue weighted by Gasteiger charge is -2.42. The van der Waals surface area contributed by atoms with Gasteiger partial charge in [0.15, 0.2) is 0 Å². The lowest BCUT2D eigenvalue weighted by molar-refractivity contribution is 0.432. The van der Waals surface area contributed by atoms with Gasteiger partial charge < -0.3 is 4.74 Å². The van der Waals surface area contributed by atoms with Crippen LogP contribution in [0.1, 0.15) is 22.3 Å². The molecule has 0 radical (unpaired) electrons. The maximum Gasteiger partial charge on any atom is 0.146 e. The van der Waals surface area contributed by atoms with Crippen LogP contribution in [0, 0.1) is 0 Å². The Bertz CT molecular complexity index is 1620. The van der Waals surface area contributed by atoms with E-state index in [9.17, 15) is 0 Å². The van der Waals surface area contributed by atoms with E-state index < -0.39 is 5.41 Å². The largest absolute Gasteiger partial charge is 0.455 e. The van der Waals surface area contributed by atoms with Crippen molar-refractivity contribution in [2.45, 2.75) is 5.41 Å². The summed E-state index contributed by atoms with van der Waals surface area (Å²) in [5, 5.41) is 0. The molecule has 1 spiro atoms. The maximum absolute atomic E-state index is 6.56. The molecule has 5 aromatic rings. The molecule has 7 rings (SSSR count). The summed E-state index contributed by atoms with van der Waals surface area (Å²) in [5.41, 5.74) is 9.21. The molecule has 0 saturated carbocycles. The lowest BCUT2D eigenvalue weighted by Crippen LogP contribution is -2.34. The van der Waals surface area contributed by atoms with Crippen LogP contribution in [0.2, 0.25) is 0 Å². The summed E-state index contributed by atoms with van der Waals surface area (Å²) in [6.45, 7) is 0. The monoisotopic (exact) mass is 564 g/mol. The Hall–Kier alpha value is -3.14. The van der Waals surface area contributed by atoms with Crippen molar-refractivity contribution in [1.29, 1.82) is 0 Å². The van der Waals surface area contributed by atoms with Gasteiger partial charge in [-0.1, -0.05) is 101 Å². The minimum absolute atomic E-state index is 0.553. The van der Waals surface area contributed by atoms with Crippen LogP contribution in [0.15, 0.2) is 118 Å². The number of para-hydroxylation sites is 2. The summed E-state index contributed by atoms with van der Waals surface area (Å²) in [5.74, 6) is 1.75. The van der Waals surface area contributed by atoms with Crippen LogP contribution in [0.3, 0.4) is 0 Å². The van der Waals surface area contributed by atoms with Crippen molar-refractivity contribution >= 4 is 31.9 Å². The Morgan fingerprint density at radius 3 is 1.91 bits per heavy atom. The Kier molecular flexibility index (Phi) is 4.42. The molecule has 1 aliphatic heterocycles. The predicted molar refractivity (Wildman–Crippen MR) is 145 cm³/mol. The number of halogens is 2. The number of fused-ring (bicyclic) bond motifs is 11. The molecule has 0 fully saturated rings. The van der Waals surface area contributed by atoms with Gasteiger partial charge in [-0.2, -0.15) is 0 Å². The van der Waals surface area contributed by atoms with Gasteiger partial charge in [0, 0.05) is 15.6 Å². The van der Waals surface area contributed by atoms with E-state index in [1.165, 1.54) is 33.4 Å². The van der Waals surface area contributed by atoms with Crippen molar-refractivity contribution < 1.29 is 4.74 Å². The van der Waals surface area contributed by atoms with E-state index in [1.54, 1.807) is 0 Å². The fraction of sp³-hybridized carbons (Fsp3) is 0.0323. The molecule has 2 aliphatic rings. The molecule has 1 aliphatic carbocycles. The summed E-state index contributed by atoms with van der Waals surface area (Å²) < 4.78 is 8.57. The Labute approximate surface area is 215 Å². The van der Waals surface area contributed by atoms with Gasteiger partial charge in [0.25, 0.3) is 0 Å². The van der Waals surface area contributed by atoms with Crippen molar-refractivity contribution in [3.63, 3.8) is 0 Å². The number of ether oxygens (including phenoxy) is 1. The molecule has 0 N–H and O–H groups in total. The molecule has 0 saturated heterocycles. The molecular weight excluding hydrogens is 548 g/mol.